The zero-order valence-corrected chi connectivity index (χ0v) is 13.1. The lowest BCUT2D eigenvalue weighted by atomic mass is 9.76. The summed E-state index contributed by atoms with van der Waals surface area (Å²) in [6, 6.07) is 9.13. The van der Waals surface area contributed by atoms with Gasteiger partial charge in [-0.25, -0.2) is 0 Å². The molecule has 2 heterocycles. The summed E-state index contributed by atoms with van der Waals surface area (Å²) in [6.45, 7) is 0. The Kier molecular flexibility index (Phi) is 3.55. The molecule has 1 aromatic rings. The van der Waals surface area contributed by atoms with Crippen LogP contribution in [0.2, 0.25) is 0 Å². The molecule has 4 heteroatoms. The second-order valence-corrected chi connectivity index (χ2v) is 6.97. The van der Waals surface area contributed by atoms with Gasteiger partial charge in [0.25, 0.3) is 0 Å². The smallest absolute Gasteiger partial charge is 0.308 e. The molecule has 1 N–H and O–H groups in total. The first kappa shape index (κ1) is 13.4. The topological polar surface area (TPSA) is 40.5 Å². The van der Waals surface area contributed by atoms with Gasteiger partial charge >= 0.3 is 5.97 Å². The normalized spacial score (nSPS) is 34.4. The maximum atomic E-state index is 11.7. The van der Waals surface area contributed by atoms with E-state index in [-0.39, 0.29) is 17.9 Å². The van der Waals surface area contributed by atoms with Crippen LogP contribution in [0.15, 0.2) is 24.3 Å². The fourth-order valence-corrected chi connectivity index (χ4v) is 4.22. The number of carboxylic acids is 1. The van der Waals surface area contributed by atoms with Crippen molar-refractivity contribution < 1.29 is 9.90 Å². The van der Waals surface area contributed by atoms with Crippen molar-refractivity contribution in [2.45, 2.75) is 37.3 Å². The van der Waals surface area contributed by atoms with E-state index in [2.05, 4.69) is 58.8 Å². The molecule has 2 saturated heterocycles. The Hall–Kier alpha value is -0.620. The van der Waals surface area contributed by atoms with Crippen LogP contribution in [0, 0.1) is 9.49 Å². The highest BCUT2D eigenvalue weighted by Crippen LogP contribution is 2.46. The molecule has 2 aliphatic rings. The molecule has 2 fully saturated rings. The number of benzene rings is 1. The zero-order valence-electron chi connectivity index (χ0n) is 10.9. The highest BCUT2D eigenvalue weighted by Gasteiger charge is 2.49. The van der Waals surface area contributed by atoms with Crippen molar-refractivity contribution in [2.24, 2.45) is 5.92 Å². The summed E-state index contributed by atoms with van der Waals surface area (Å²) in [4.78, 5) is 14.0. The van der Waals surface area contributed by atoms with E-state index < -0.39 is 5.97 Å². The molecule has 4 atom stereocenters. The fraction of sp³-hybridized carbons (Fsp3) is 0.533. The Morgan fingerprint density at radius 2 is 2.00 bits per heavy atom. The number of piperidine rings is 1. The van der Waals surface area contributed by atoms with Crippen molar-refractivity contribution in [1.82, 2.24) is 4.90 Å². The van der Waals surface area contributed by atoms with Gasteiger partial charge in [0, 0.05) is 21.6 Å². The molecule has 0 radical (unpaired) electrons. The molecule has 2 bridgehead atoms. The second-order valence-electron chi connectivity index (χ2n) is 5.72. The number of rotatable bonds is 2. The summed E-state index contributed by atoms with van der Waals surface area (Å²) >= 11 is 2.29. The molecular weight excluding hydrogens is 353 g/mol. The number of hydrogen-bond donors (Lipinski definition) is 1. The summed E-state index contributed by atoms with van der Waals surface area (Å²) in [5, 5.41) is 9.63. The lowest BCUT2D eigenvalue weighted by Gasteiger charge is -2.41. The molecule has 0 aromatic heterocycles. The van der Waals surface area contributed by atoms with E-state index >= 15 is 0 Å². The van der Waals surface area contributed by atoms with Crippen LogP contribution in [0.25, 0.3) is 0 Å². The SMILES string of the molecule is CN1[C@H]2CC[C@@H]1[C@@H](C(=O)O)[C@@H](c1ccc(I)cc1)C2. The molecule has 1 aromatic carbocycles. The molecule has 3 nitrogen and oxygen atoms in total. The first-order chi connectivity index (χ1) is 9.08. The first-order valence-electron chi connectivity index (χ1n) is 6.78. The molecular formula is C15H18INO2. The highest BCUT2D eigenvalue weighted by molar-refractivity contribution is 14.1. The third kappa shape index (κ3) is 2.29. The van der Waals surface area contributed by atoms with Crippen molar-refractivity contribution in [1.29, 1.82) is 0 Å². The van der Waals surface area contributed by atoms with Crippen LogP contribution in [0.5, 0.6) is 0 Å². The number of fused-ring (bicyclic) bond motifs is 2. The third-order valence-corrected chi connectivity index (χ3v) is 5.57. The van der Waals surface area contributed by atoms with Gasteiger partial charge in [0.15, 0.2) is 0 Å². The standard InChI is InChI=1S/C15H18INO2/c1-17-11-6-7-13(17)14(15(18)19)12(8-11)9-2-4-10(16)5-3-9/h2-5,11-14H,6-8H2,1H3,(H,18,19)/t11-,12+,13+,14-/m0/s1. The summed E-state index contributed by atoms with van der Waals surface area (Å²) in [7, 11) is 2.09. The van der Waals surface area contributed by atoms with Crippen LogP contribution >= 0.6 is 22.6 Å². The van der Waals surface area contributed by atoms with Gasteiger partial charge in [-0.3, -0.25) is 9.69 Å². The van der Waals surface area contributed by atoms with Gasteiger partial charge in [-0.2, -0.15) is 0 Å². The van der Waals surface area contributed by atoms with Gasteiger partial charge in [0.05, 0.1) is 5.92 Å². The maximum absolute atomic E-state index is 11.7. The Balaban J connectivity index is 1.95. The van der Waals surface area contributed by atoms with Gasteiger partial charge in [-0.05, 0) is 66.6 Å². The van der Waals surface area contributed by atoms with Gasteiger partial charge in [0.2, 0.25) is 0 Å². The van der Waals surface area contributed by atoms with E-state index in [1.165, 1.54) is 9.13 Å². The molecule has 0 unspecified atom stereocenters. The number of carbonyl (C=O) groups is 1. The number of halogens is 1. The number of carboxylic acid groups (broad SMARTS) is 1. The molecule has 0 saturated carbocycles. The van der Waals surface area contributed by atoms with E-state index in [4.69, 9.17) is 0 Å². The molecule has 2 aliphatic heterocycles. The molecule has 102 valence electrons. The van der Waals surface area contributed by atoms with Crippen molar-refractivity contribution in [3.05, 3.63) is 33.4 Å². The predicted molar refractivity (Wildman–Crippen MR) is 82.2 cm³/mol. The van der Waals surface area contributed by atoms with E-state index in [0.29, 0.717) is 6.04 Å². The average Bonchev–Trinajstić information content (AvgIpc) is 2.63. The van der Waals surface area contributed by atoms with Crippen molar-refractivity contribution >= 4 is 28.6 Å². The van der Waals surface area contributed by atoms with Crippen molar-refractivity contribution in [3.63, 3.8) is 0 Å². The lowest BCUT2D eigenvalue weighted by Crippen LogP contribution is -2.48. The van der Waals surface area contributed by atoms with Crippen LogP contribution in [-0.4, -0.2) is 35.1 Å². The van der Waals surface area contributed by atoms with Gasteiger partial charge in [-0.15, -0.1) is 0 Å². The fourth-order valence-electron chi connectivity index (χ4n) is 3.86. The van der Waals surface area contributed by atoms with Crippen LogP contribution in [0.1, 0.15) is 30.7 Å². The van der Waals surface area contributed by atoms with Crippen LogP contribution in [0.4, 0.5) is 0 Å². The first-order valence-corrected chi connectivity index (χ1v) is 7.86. The van der Waals surface area contributed by atoms with E-state index in [9.17, 15) is 9.90 Å². The minimum absolute atomic E-state index is 0.170. The monoisotopic (exact) mass is 371 g/mol. The van der Waals surface area contributed by atoms with Gasteiger partial charge in [0.1, 0.15) is 0 Å². The minimum Gasteiger partial charge on any atom is -0.481 e. The van der Waals surface area contributed by atoms with Gasteiger partial charge < -0.3 is 5.11 Å². The summed E-state index contributed by atoms with van der Waals surface area (Å²) in [5.41, 5.74) is 1.19. The van der Waals surface area contributed by atoms with Crippen molar-refractivity contribution in [3.8, 4) is 0 Å². The Labute approximate surface area is 127 Å². The minimum atomic E-state index is -0.638. The second kappa shape index (κ2) is 5.05. The summed E-state index contributed by atoms with van der Waals surface area (Å²) in [6.07, 6.45) is 3.15. The molecule has 3 rings (SSSR count). The number of nitrogens with zero attached hydrogens (tertiary/aromatic N) is 1. The molecule has 0 amide bonds. The van der Waals surface area contributed by atoms with Gasteiger partial charge in [-0.1, -0.05) is 12.1 Å². The average molecular weight is 371 g/mol. The largest absolute Gasteiger partial charge is 0.481 e. The Bertz CT molecular complexity index is 487. The lowest BCUT2D eigenvalue weighted by molar-refractivity contribution is -0.146. The van der Waals surface area contributed by atoms with Crippen LogP contribution < -0.4 is 0 Å². The molecule has 0 aliphatic carbocycles. The summed E-state index contributed by atoms with van der Waals surface area (Å²) < 4.78 is 1.20. The zero-order chi connectivity index (χ0) is 13.6. The Morgan fingerprint density at radius 1 is 1.32 bits per heavy atom. The van der Waals surface area contributed by atoms with E-state index in [1.54, 1.807) is 0 Å². The van der Waals surface area contributed by atoms with E-state index in [1.807, 2.05) is 0 Å². The third-order valence-electron chi connectivity index (χ3n) is 4.85. The van der Waals surface area contributed by atoms with Crippen molar-refractivity contribution in [2.75, 3.05) is 7.05 Å². The molecule has 0 spiro atoms. The maximum Gasteiger partial charge on any atom is 0.308 e. The quantitative estimate of drug-likeness (QED) is 0.813. The van der Waals surface area contributed by atoms with Crippen LogP contribution in [-0.2, 0) is 4.79 Å². The molecule has 19 heavy (non-hydrogen) atoms. The number of aliphatic carboxylic acids is 1. The Morgan fingerprint density at radius 3 is 2.63 bits per heavy atom. The highest BCUT2D eigenvalue weighted by atomic mass is 127. The van der Waals surface area contributed by atoms with Crippen LogP contribution in [0.3, 0.4) is 0 Å². The summed E-state index contributed by atoms with van der Waals surface area (Å²) in [5.74, 6) is -0.729. The predicted octanol–water partition coefficient (Wildman–Crippen LogP) is 2.94. The van der Waals surface area contributed by atoms with E-state index in [0.717, 1.165) is 19.3 Å². The number of hydrogen-bond acceptors (Lipinski definition) is 2.